The third-order valence-corrected chi connectivity index (χ3v) is 3.68. The number of carbonyl (C=O) groups excluding carboxylic acids is 1. The molecule has 0 unspecified atom stereocenters. The van der Waals surface area contributed by atoms with Gasteiger partial charge in [-0.1, -0.05) is 48.0 Å². The first-order valence-electron chi connectivity index (χ1n) is 7.41. The van der Waals surface area contributed by atoms with Gasteiger partial charge >= 0.3 is 0 Å². The molecule has 2 aromatic rings. The van der Waals surface area contributed by atoms with Gasteiger partial charge < -0.3 is 10.6 Å². The molecule has 1 amide bonds. The quantitative estimate of drug-likeness (QED) is 0.881. The van der Waals surface area contributed by atoms with Crippen LogP contribution in [0.25, 0.3) is 0 Å². The van der Waals surface area contributed by atoms with Gasteiger partial charge in [-0.3, -0.25) is 4.79 Å². The molecule has 3 rings (SSSR count). The zero-order valence-electron chi connectivity index (χ0n) is 12.2. The van der Waals surface area contributed by atoms with Crippen molar-refractivity contribution < 1.29 is 4.79 Å². The molecule has 1 fully saturated rings. The van der Waals surface area contributed by atoms with Crippen LogP contribution in [0.5, 0.6) is 0 Å². The van der Waals surface area contributed by atoms with E-state index in [1.54, 1.807) is 0 Å². The SMILES string of the molecule is Cc1ccc(N[C@@H](C(=O)NC2CC2)c2ccccc2)cc1. The molecule has 1 aliphatic rings. The average Bonchev–Trinajstić information content (AvgIpc) is 3.31. The molecule has 0 saturated heterocycles. The summed E-state index contributed by atoms with van der Waals surface area (Å²) in [6.07, 6.45) is 2.19. The van der Waals surface area contributed by atoms with Crippen LogP contribution in [0.1, 0.15) is 30.0 Å². The summed E-state index contributed by atoms with van der Waals surface area (Å²) in [4.78, 5) is 12.5. The summed E-state index contributed by atoms with van der Waals surface area (Å²) in [6, 6.07) is 18.0. The fourth-order valence-electron chi connectivity index (χ4n) is 2.27. The van der Waals surface area contributed by atoms with E-state index in [1.807, 2.05) is 54.6 Å². The molecule has 0 aromatic heterocycles. The summed E-state index contributed by atoms with van der Waals surface area (Å²) < 4.78 is 0. The van der Waals surface area contributed by atoms with Crippen molar-refractivity contribution in [1.82, 2.24) is 5.32 Å². The minimum Gasteiger partial charge on any atom is -0.370 e. The molecule has 108 valence electrons. The number of rotatable bonds is 5. The Morgan fingerprint density at radius 1 is 1.05 bits per heavy atom. The molecule has 2 aromatic carbocycles. The van der Waals surface area contributed by atoms with Crippen LogP contribution in [-0.4, -0.2) is 11.9 Å². The first-order chi connectivity index (χ1) is 10.2. The Bertz CT molecular complexity index is 603. The molecule has 2 N–H and O–H groups in total. The molecule has 1 atom stereocenters. The number of nitrogens with one attached hydrogen (secondary N) is 2. The fourth-order valence-corrected chi connectivity index (χ4v) is 2.27. The molecule has 3 heteroatoms. The summed E-state index contributed by atoms with van der Waals surface area (Å²) in [7, 11) is 0. The number of aryl methyl sites for hydroxylation is 1. The van der Waals surface area contributed by atoms with Gasteiger partial charge in [-0.2, -0.15) is 0 Å². The van der Waals surface area contributed by atoms with Crippen molar-refractivity contribution in [3.05, 3.63) is 65.7 Å². The Kier molecular flexibility index (Phi) is 3.91. The lowest BCUT2D eigenvalue weighted by molar-refractivity contribution is -0.122. The Balaban J connectivity index is 1.80. The van der Waals surface area contributed by atoms with Gasteiger partial charge in [-0.25, -0.2) is 0 Å². The van der Waals surface area contributed by atoms with Gasteiger partial charge in [0, 0.05) is 11.7 Å². The minimum atomic E-state index is -0.352. The summed E-state index contributed by atoms with van der Waals surface area (Å²) >= 11 is 0. The van der Waals surface area contributed by atoms with E-state index < -0.39 is 0 Å². The molecule has 1 aliphatic carbocycles. The molecule has 0 aliphatic heterocycles. The largest absolute Gasteiger partial charge is 0.370 e. The topological polar surface area (TPSA) is 41.1 Å². The zero-order chi connectivity index (χ0) is 14.7. The molecule has 0 bridgehead atoms. The summed E-state index contributed by atoms with van der Waals surface area (Å²) in [5, 5.41) is 6.43. The molecule has 21 heavy (non-hydrogen) atoms. The summed E-state index contributed by atoms with van der Waals surface area (Å²) in [6.45, 7) is 2.05. The maximum atomic E-state index is 12.5. The number of anilines is 1. The van der Waals surface area contributed by atoms with Crippen molar-refractivity contribution in [3.8, 4) is 0 Å². The van der Waals surface area contributed by atoms with Crippen LogP contribution in [0.4, 0.5) is 5.69 Å². The highest BCUT2D eigenvalue weighted by molar-refractivity contribution is 5.86. The van der Waals surface area contributed by atoms with Crippen LogP contribution in [-0.2, 0) is 4.79 Å². The van der Waals surface area contributed by atoms with Gasteiger partial charge in [0.15, 0.2) is 0 Å². The van der Waals surface area contributed by atoms with Crippen LogP contribution < -0.4 is 10.6 Å². The highest BCUT2D eigenvalue weighted by Gasteiger charge is 2.28. The van der Waals surface area contributed by atoms with E-state index in [9.17, 15) is 4.79 Å². The van der Waals surface area contributed by atoms with Crippen LogP contribution in [0.2, 0.25) is 0 Å². The minimum absolute atomic E-state index is 0.0456. The normalized spacial score (nSPS) is 15.3. The van der Waals surface area contributed by atoms with Crippen LogP contribution >= 0.6 is 0 Å². The number of hydrogen-bond acceptors (Lipinski definition) is 2. The zero-order valence-corrected chi connectivity index (χ0v) is 12.2. The molecule has 0 heterocycles. The first kappa shape index (κ1) is 13.7. The maximum Gasteiger partial charge on any atom is 0.247 e. The summed E-state index contributed by atoms with van der Waals surface area (Å²) in [5.41, 5.74) is 3.15. The van der Waals surface area contributed by atoms with E-state index in [1.165, 1.54) is 5.56 Å². The van der Waals surface area contributed by atoms with Crippen LogP contribution in [0, 0.1) is 6.92 Å². The predicted molar refractivity (Wildman–Crippen MR) is 85.1 cm³/mol. The van der Waals surface area contributed by atoms with Gasteiger partial charge in [0.25, 0.3) is 0 Å². The lowest BCUT2D eigenvalue weighted by Gasteiger charge is -2.20. The Labute approximate surface area is 125 Å². The maximum absolute atomic E-state index is 12.5. The molecule has 0 spiro atoms. The molecule has 0 radical (unpaired) electrons. The second-order valence-electron chi connectivity index (χ2n) is 5.64. The highest BCUT2D eigenvalue weighted by Crippen LogP contribution is 2.24. The molecule has 1 saturated carbocycles. The second kappa shape index (κ2) is 6.00. The number of amides is 1. The van der Waals surface area contributed by atoms with Crippen molar-refractivity contribution in [1.29, 1.82) is 0 Å². The van der Waals surface area contributed by atoms with Crippen molar-refractivity contribution in [2.24, 2.45) is 0 Å². The number of carbonyl (C=O) groups is 1. The highest BCUT2D eigenvalue weighted by atomic mass is 16.2. The van der Waals surface area contributed by atoms with Gasteiger partial charge in [-0.05, 0) is 37.5 Å². The standard InChI is InChI=1S/C18H20N2O/c1-13-7-9-15(10-8-13)19-17(14-5-3-2-4-6-14)18(21)20-16-11-12-16/h2-10,16-17,19H,11-12H2,1H3,(H,20,21)/t17-/m1/s1. The number of benzene rings is 2. The predicted octanol–water partition coefficient (Wildman–Crippen LogP) is 3.43. The second-order valence-corrected chi connectivity index (χ2v) is 5.64. The van der Waals surface area contributed by atoms with E-state index in [4.69, 9.17) is 0 Å². The molecular weight excluding hydrogens is 260 g/mol. The monoisotopic (exact) mass is 280 g/mol. The lowest BCUT2D eigenvalue weighted by Crippen LogP contribution is -2.34. The van der Waals surface area contributed by atoms with E-state index in [2.05, 4.69) is 17.6 Å². The fraction of sp³-hybridized carbons (Fsp3) is 0.278. The van der Waals surface area contributed by atoms with Crippen molar-refractivity contribution >= 4 is 11.6 Å². The van der Waals surface area contributed by atoms with Crippen LogP contribution in [0.15, 0.2) is 54.6 Å². The van der Waals surface area contributed by atoms with Gasteiger partial charge in [0.05, 0.1) is 0 Å². The van der Waals surface area contributed by atoms with Crippen molar-refractivity contribution in [3.63, 3.8) is 0 Å². The third kappa shape index (κ3) is 3.63. The van der Waals surface area contributed by atoms with E-state index >= 15 is 0 Å². The average molecular weight is 280 g/mol. The van der Waals surface area contributed by atoms with E-state index in [-0.39, 0.29) is 11.9 Å². The van der Waals surface area contributed by atoms with Gasteiger partial charge in [0.1, 0.15) is 6.04 Å². The van der Waals surface area contributed by atoms with E-state index in [0.29, 0.717) is 6.04 Å². The van der Waals surface area contributed by atoms with Gasteiger partial charge in [0.2, 0.25) is 5.91 Å². The van der Waals surface area contributed by atoms with Gasteiger partial charge in [-0.15, -0.1) is 0 Å². The Morgan fingerprint density at radius 3 is 2.33 bits per heavy atom. The van der Waals surface area contributed by atoms with Crippen LogP contribution in [0.3, 0.4) is 0 Å². The van der Waals surface area contributed by atoms with Crippen molar-refractivity contribution in [2.45, 2.75) is 31.8 Å². The summed E-state index contributed by atoms with van der Waals surface area (Å²) in [5.74, 6) is 0.0456. The Hall–Kier alpha value is -2.29. The smallest absolute Gasteiger partial charge is 0.247 e. The Morgan fingerprint density at radius 2 is 1.71 bits per heavy atom. The lowest BCUT2D eigenvalue weighted by atomic mass is 10.1. The third-order valence-electron chi connectivity index (χ3n) is 3.68. The van der Waals surface area contributed by atoms with E-state index in [0.717, 1.165) is 24.1 Å². The number of hydrogen-bond donors (Lipinski definition) is 2. The van der Waals surface area contributed by atoms with Crippen molar-refractivity contribution in [2.75, 3.05) is 5.32 Å². The first-order valence-corrected chi connectivity index (χ1v) is 7.41. The molecular formula is C18H20N2O. The molecule has 3 nitrogen and oxygen atoms in total.